The van der Waals surface area contributed by atoms with E-state index >= 15 is 0 Å². The molecule has 0 aliphatic carbocycles. The average Bonchev–Trinajstić information content (AvgIpc) is 3.42. The molecule has 1 aromatic heterocycles. The molecule has 0 radical (unpaired) electrons. The predicted molar refractivity (Wildman–Crippen MR) is 150 cm³/mol. The lowest BCUT2D eigenvalue weighted by atomic mass is 10.1. The Kier molecular flexibility index (Phi) is 10.8. The molecular formula is C30H36N2O4S. The minimum atomic E-state index is -0.165. The molecule has 0 fully saturated rings. The highest BCUT2D eigenvalue weighted by molar-refractivity contribution is 7.09. The van der Waals surface area contributed by atoms with Crippen LogP contribution in [-0.2, 0) is 22.6 Å². The Balaban J connectivity index is 1.74. The molecule has 1 heterocycles. The molecule has 0 N–H and O–H groups in total. The molecule has 0 aliphatic rings. The number of methoxy groups -OCH3 is 2. The Morgan fingerprint density at radius 3 is 2.35 bits per heavy atom. The predicted octanol–water partition coefficient (Wildman–Crippen LogP) is 5.53. The van der Waals surface area contributed by atoms with Crippen LogP contribution < -0.4 is 9.47 Å². The summed E-state index contributed by atoms with van der Waals surface area (Å²) < 4.78 is 10.8. The van der Waals surface area contributed by atoms with E-state index in [1.54, 1.807) is 42.6 Å². The van der Waals surface area contributed by atoms with E-state index in [1.807, 2.05) is 84.8 Å². The smallest absolute Gasteiger partial charge is 0.247 e. The van der Waals surface area contributed by atoms with Crippen LogP contribution in [0.2, 0.25) is 0 Å². The van der Waals surface area contributed by atoms with Gasteiger partial charge in [0.05, 0.1) is 20.8 Å². The van der Waals surface area contributed by atoms with Crippen molar-refractivity contribution in [3.05, 3.63) is 88.1 Å². The van der Waals surface area contributed by atoms with Gasteiger partial charge < -0.3 is 19.3 Å². The monoisotopic (exact) mass is 520 g/mol. The fourth-order valence-corrected chi connectivity index (χ4v) is 4.68. The van der Waals surface area contributed by atoms with E-state index in [0.29, 0.717) is 37.6 Å². The molecule has 0 unspecified atom stereocenters. The van der Waals surface area contributed by atoms with E-state index in [0.717, 1.165) is 16.0 Å². The summed E-state index contributed by atoms with van der Waals surface area (Å²) in [6.07, 6.45) is 4.00. The SMILES string of the molecule is COc1ccc(CCN(Cc2cccs2)C(=O)CN(CC(C)C)C(=O)C=Cc2ccccc2)cc1OC. The summed E-state index contributed by atoms with van der Waals surface area (Å²) in [5.74, 6) is 1.33. The summed E-state index contributed by atoms with van der Waals surface area (Å²) in [5, 5.41) is 2.01. The first-order valence-corrected chi connectivity index (χ1v) is 13.3. The first kappa shape index (κ1) is 28.0. The average molecular weight is 521 g/mol. The Morgan fingerprint density at radius 2 is 1.70 bits per heavy atom. The van der Waals surface area contributed by atoms with E-state index in [1.165, 1.54) is 0 Å². The van der Waals surface area contributed by atoms with Gasteiger partial charge in [-0.05, 0) is 53.1 Å². The molecule has 2 amide bonds. The summed E-state index contributed by atoms with van der Waals surface area (Å²) >= 11 is 1.62. The lowest BCUT2D eigenvalue weighted by molar-refractivity contribution is -0.138. The molecule has 3 aromatic rings. The van der Waals surface area contributed by atoms with E-state index < -0.39 is 0 Å². The molecule has 0 bridgehead atoms. The lowest BCUT2D eigenvalue weighted by Crippen LogP contribution is -2.44. The van der Waals surface area contributed by atoms with Crippen molar-refractivity contribution >= 4 is 29.2 Å². The van der Waals surface area contributed by atoms with E-state index in [2.05, 4.69) is 0 Å². The molecule has 2 aromatic carbocycles. The van der Waals surface area contributed by atoms with Crippen LogP contribution in [0.15, 0.2) is 72.1 Å². The van der Waals surface area contributed by atoms with Gasteiger partial charge in [0.2, 0.25) is 11.8 Å². The number of carbonyl (C=O) groups excluding carboxylic acids is 2. The molecule has 0 spiro atoms. The van der Waals surface area contributed by atoms with Crippen molar-refractivity contribution in [1.82, 2.24) is 9.80 Å². The van der Waals surface area contributed by atoms with Crippen LogP contribution >= 0.6 is 11.3 Å². The Labute approximate surface area is 224 Å². The van der Waals surface area contributed by atoms with E-state index in [4.69, 9.17) is 9.47 Å². The van der Waals surface area contributed by atoms with Gasteiger partial charge in [0, 0.05) is 24.0 Å². The quantitative estimate of drug-likeness (QED) is 0.278. The number of nitrogens with zero attached hydrogens (tertiary/aromatic N) is 2. The zero-order chi connectivity index (χ0) is 26.6. The molecular weight excluding hydrogens is 484 g/mol. The normalized spacial score (nSPS) is 11.1. The minimum absolute atomic E-state index is 0.0352. The highest BCUT2D eigenvalue weighted by Gasteiger charge is 2.22. The molecule has 196 valence electrons. The van der Waals surface area contributed by atoms with Crippen LogP contribution in [0.1, 0.15) is 29.9 Å². The number of carbonyl (C=O) groups is 2. The Hall–Kier alpha value is -3.58. The lowest BCUT2D eigenvalue weighted by Gasteiger charge is -2.28. The van der Waals surface area contributed by atoms with Crippen LogP contribution in [0.3, 0.4) is 0 Å². The Bertz CT molecular complexity index is 1160. The highest BCUT2D eigenvalue weighted by Crippen LogP contribution is 2.28. The van der Waals surface area contributed by atoms with Crippen LogP contribution in [0, 0.1) is 5.92 Å². The van der Waals surface area contributed by atoms with Crippen molar-refractivity contribution in [2.45, 2.75) is 26.8 Å². The fraction of sp³-hybridized carbons (Fsp3) is 0.333. The third kappa shape index (κ3) is 8.79. The first-order chi connectivity index (χ1) is 17.9. The maximum absolute atomic E-state index is 13.6. The summed E-state index contributed by atoms with van der Waals surface area (Å²) in [6.45, 7) is 5.67. The van der Waals surface area contributed by atoms with Gasteiger partial charge in [0.1, 0.15) is 6.54 Å². The number of hydrogen-bond donors (Lipinski definition) is 0. The largest absolute Gasteiger partial charge is 0.493 e. The van der Waals surface area contributed by atoms with Gasteiger partial charge in [-0.3, -0.25) is 9.59 Å². The van der Waals surface area contributed by atoms with E-state index in [-0.39, 0.29) is 24.3 Å². The second-order valence-electron chi connectivity index (χ2n) is 9.19. The molecule has 0 saturated heterocycles. The summed E-state index contributed by atoms with van der Waals surface area (Å²) in [6, 6.07) is 19.5. The van der Waals surface area contributed by atoms with Gasteiger partial charge in [-0.15, -0.1) is 11.3 Å². The standard InChI is InChI=1S/C30H36N2O4S/c1-23(2)20-32(29(33)15-13-24-9-6-5-7-10-24)22-30(34)31(21-26-11-8-18-37-26)17-16-25-12-14-27(35-3)28(19-25)36-4/h5-15,18-19,23H,16-17,20-22H2,1-4H3. The van der Waals surface area contributed by atoms with Crippen LogP contribution in [0.5, 0.6) is 11.5 Å². The molecule has 0 aliphatic heterocycles. The van der Waals surface area contributed by atoms with Crippen molar-refractivity contribution < 1.29 is 19.1 Å². The number of ether oxygens (including phenoxy) is 2. The zero-order valence-electron chi connectivity index (χ0n) is 22.1. The van der Waals surface area contributed by atoms with Gasteiger partial charge in [0.25, 0.3) is 0 Å². The number of rotatable bonds is 13. The molecule has 0 atom stereocenters. The second-order valence-corrected chi connectivity index (χ2v) is 10.2. The zero-order valence-corrected chi connectivity index (χ0v) is 22.9. The third-order valence-corrected chi connectivity index (χ3v) is 6.70. The van der Waals surface area contributed by atoms with Crippen LogP contribution in [0.4, 0.5) is 0 Å². The summed E-state index contributed by atoms with van der Waals surface area (Å²) in [7, 11) is 3.22. The third-order valence-electron chi connectivity index (χ3n) is 5.84. The van der Waals surface area contributed by atoms with Gasteiger partial charge in [-0.2, -0.15) is 0 Å². The number of hydrogen-bond acceptors (Lipinski definition) is 5. The van der Waals surface area contributed by atoms with Crippen molar-refractivity contribution in [2.24, 2.45) is 5.92 Å². The number of amides is 2. The number of thiophene rings is 1. The first-order valence-electron chi connectivity index (χ1n) is 12.4. The van der Waals surface area contributed by atoms with Crippen LogP contribution in [0.25, 0.3) is 6.08 Å². The number of benzene rings is 2. The van der Waals surface area contributed by atoms with Gasteiger partial charge in [-0.25, -0.2) is 0 Å². The van der Waals surface area contributed by atoms with Gasteiger partial charge >= 0.3 is 0 Å². The minimum Gasteiger partial charge on any atom is -0.493 e. The highest BCUT2D eigenvalue weighted by atomic mass is 32.1. The van der Waals surface area contributed by atoms with E-state index in [9.17, 15) is 9.59 Å². The maximum atomic E-state index is 13.6. The van der Waals surface area contributed by atoms with Gasteiger partial charge in [0.15, 0.2) is 11.5 Å². The Morgan fingerprint density at radius 1 is 0.946 bits per heavy atom. The van der Waals surface area contributed by atoms with Crippen molar-refractivity contribution in [3.8, 4) is 11.5 Å². The van der Waals surface area contributed by atoms with Gasteiger partial charge in [-0.1, -0.05) is 56.3 Å². The molecule has 3 rings (SSSR count). The fourth-order valence-electron chi connectivity index (χ4n) is 3.96. The summed E-state index contributed by atoms with van der Waals surface area (Å²) in [5.41, 5.74) is 1.99. The van der Waals surface area contributed by atoms with Crippen molar-refractivity contribution in [1.29, 1.82) is 0 Å². The topological polar surface area (TPSA) is 59.1 Å². The maximum Gasteiger partial charge on any atom is 0.247 e. The molecule has 37 heavy (non-hydrogen) atoms. The summed E-state index contributed by atoms with van der Waals surface area (Å²) in [4.78, 5) is 31.2. The van der Waals surface area contributed by atoms with Crippen molar-refractivity contribution in [2.75, 3.05) is 33.9 Å². The molecule has 7 heteroatoms. The van der Waals surface area contributed by atoms with Crippen molar-refractivity contribution in [3.63, 3.8) is 0 Å². The molecule has 0 saturated carbocycles. The van der Waals surface area contributed by atoms with Crippen LogP contribution in [-0.4, -0.2) is 55.5 Å². The molecule has 6 nitrogen and oxygen atoms in total. The second kappa shape index (κ2) is 14.2.